The maximum Gasteiger partial charge on any atom is 0.320 e. The molecule has 0 aliphatic heterocycles. The van der Waals surface area contributed by atoms with Crippen molar-refractivity contribution in [3.05, 3.63) is 77.4 Å². The average Bonchev–Trinajstić information content (AvgIpc) is 2.69. The number of hydrogen-bond acceptors (Lipinski definition) is 4. The molecule has 3 aromatic rings. The van der Waals surface area contributed by atoms with Gasteiger partial charge in [0.05, 0.1) is 11.3 Å². The normalized spacial score (nSPS) is 10.1. The predicted molar refractivity (Wildman–Crippen MR) is 116 cm³/mol. The van der Waals surface area contributed by atoms with Gasteiger partial charge in [-0.2, -0.15) is 0 Å². The van der Waals surface area contributed by atoms with Crippen LogP contribution in [0.1, 0.15) is 17.3 Å². The molecule has 7 nitrogen and oxygen atoms in total. The molecule has 0 saturated heterocycles. The second kappa shape index (κ2) is 9.57. The molecule has 2 aromatic carbocycles. The lowest BCUT2D eigenvalue weighted by atomic mass is 10.2. The minimum atomic E-state index is -0.373. The summed E-state index contributed by atoms with van der Waals surface area (Å²) in [5.41, 5.74) is 2.17. The van der Waals surface area contributed by atoms with Crippen LogP contribution in [-0.2, 0) is 0 Å². The third-order valence-electron chi connectivity index (χ3n) is 3.86. The molecule has 0 spiro atoms. The van der Waals surface area contributed by atoms with Gasteiger partial charge in [-0.25, -0.2) is 9.78 Å². The number of urea groups is 1. The zero-order chi connectivity index (χ0) is 20.6. The third-order valence-corrected chi connectivity index (χ3v) is 4.10. The Labute approximate surface area is 173 Å². The van der Waals surface area contributed by atoms with Gasteiger partial charge >= 0.3 is 6.03 Å². The Hall–Kier alpha value is -3.58. The minimum absolute atomic E-state index is 0.314. The summed E-state index contributed by atoms with van der Waals surface area (Å²) >= 11 is 5.99. The maximum absolute atomic E-state index is 12.8. The van der Waals surface area contributed by atoms with Gasteiger partial charge in [-0.3, -0.25) is 10.1 Å². The Kier molecular flexibility index (Phi) is 6.65. The molecular weight excluding hydrogens is 390 g/mol. The van der Waals surface area contributed by atoms with E-state index in [1.807, 2.05) is 37.3 Å². The van der Waals surface area contributed by atoms with Gasteiger partial charge < -0.3 is 16.0 Å². The summed E-state index contributed by atoms with van der Waals surface area (Å²) in [4.78, 5) is 28.8. The predicted octanol–water partition coefficient (Wildman–Crippen LogP) is 4.87. The number of carbonyl (C=O) groups is 2. The van der Waals surface area contributed by atoms with Crippen LogP contribution in [0.4, 0.5) is 27.7 Å². The van der Waals surface area contributed by atoms with Gasteiger partial charge in [-0.15, -0.1) is 0 Å². The maximum atomic E-state index is 12.8. The molecule has 0 atom stereocenters. The number of halogens is 1. The van der Waals surface area contributed by atoms with Crippen LogP contribution >= 0.6 is 11.6 Å². The Balaban J connectivity index is 1.89. The lowest BCUT2D eigenvalue weighted by molar-refractivity contribution is 0.102. The van der Waals surface area contributed by atoms with E-state index in [-0.39, 0.29) is 11.9 Å². The fourth-order valence-electron chi connectivity index (χ4n) is 2.57. The molecule has 0 fully saturated rings. The molecule has 0 bridgehead atoms. The van der Waals surface area contributed by atoms with Gasteiger partial charge in [0.25, 0.3) is 5.91 Å². The molecule has 4 N–H and O–H groups in total. The van der Waals surface area contributed by atoms with E-state index in [0.717, 1.165) is 5.69 Å². The summed E-state index contributed by atoms with van der Waals surface area (Å²) in [5, 5.41) is 11.8. The molecule has 3 amide bonds. The number of rotatable bonds is 6. The van der Waals surface area contributed by atoms with E-state index in [1.165, 1.54) is 6.20 Å². The number of aromatic nitrogens is 1. The van der Waals surface area contributed by atoms with Crippen LogP contribution in [0.25, 0.3) is 0 Å². The number of amides is 3. The largest absolute Gasteiger partial charge is 0.355 e. The zero-order valence-corrected chi connectivity index (χ0v) is 16.5. The molecule has 3 rings (SSSR count). The molecule has 0 aliphatic carbocycles. The number of nitrogens with zero attached hydrogens (tertiary/aromatic N) is 1. The van der Waals surface area contributed by atoms with Crippen LogP contribution in [0.3, 0.4) is 0 Å². The summed E-state index contributed by atoms with van der Waals surface area (Å²) in [6, 6.07) is 17.5. The quantitative estimate of drug-likeness (QED) is 0.467. The highest BCUT2D eigenvalue weighted by Gasteiger charge is 2.15. The monoisotopic (exact) mass is 409 g/mol. The van der Waals surface area contributed by atoms with E-state index in [0.29, 0.717) is 34.3 Å². The van der Waals surface area contributed by atoms with Crippen molar-refractivity contribution < 1.29 is 9.59 Å². The number of anilines is 4. The van der Waals surface area contributed by atoms with E-state index in [1.54, 1.807) is 30.3 Å². The van der Waals surface area contributed by atoms with Crippen LogP contribution in [0.2, 0.25) is 5.02 Å². The molecule has 0 saturated carbocycles. The molecule has 1 heterocycles. The fraction of sp³-hybridized carbons (Fsp3) is 0.0952. The van der Waals surface area contributed by atoms with Crippen molar-refractivity contribution >= 4 is 46.4 Å². The summed E-state index contributed by atoms with van der Waals surface area (Å²) in [6.07, 6.45) is 1.41. The topological polar surface area (TPSA) is 95.2 Å². The molecule has 0 unspecified atom stereocenters. The highest BCUT2D eigenvalue weighted by Crippen LogP contribution is 2.25. The van der Waals surface area contributed by atoms with E-state index < -0.39 is 0 Å². The first-order valence-electron chi connectivity index (χ1n) is 8.99. The van der Waals surface area contributed by atoms with Gasteiger partial charge in [-0.1, -0.05) is 35.9 Å². The molecular formula is C21H20ClN5O2. The summed E-state index contributed by atoms with van der Waals surface area (Å²) in [6.45, 7) is 2.31. The Morgan fingerprint density at radius 2 is 1.72 bits per heavy atom. The van der Waals surface area contributed by atoms with E-state index in [2.05, 4.69) is 26.3 Å². The number of nitrogens with one attached hydrogen (secondary N) is 4. The minimum Gasteiger partial charge on any atom is -0.355 e. The van der Waals surface area contributed by atoms with Crippen molar-refractivity contribution in [2.45, 2.75) is 6.92 Å². The van der Waals surface area contributed by atoms with Gasteiger partial charge in [0.15, 0.2) is 0 Å². The second-order valence-corrected chi connectivity index (χ2v) is 6.49. The standard InChI is InChI=1S/C21H20ClN5O2/c1-2-23-21(29)27-19-12-18(25-15-8-4-3-5-9-15)17(13-24-19)20(28)26-16-10-6-7-14(22)11-16/h3-13H,2H2,1H3,(H,26,28)(H3,23,24,25,27,29). The van der Waals surface area contributed by atoms with Crippen molar-refractivity contribution in [1.82, 2.24) is 10.3 Å². The van der Waals surface area contributed by atoms with Crippen LogP contribution in [-0.4, -0.2) is 23.5 Å². The number of para-hydroxylation sites is 1. The first-order valence-corrected chi connectivity index (χ1v) is 9.37. The lowest BCUT2D eigenvalue weighted by Crippen LogP contribution is -2.28. The highest BCUT2D eigenvalue weighted by atomic mass is 35.5. The molecule has 0 radical (unpaired) electrons. The van der Waals surface area contributed by atoms with Crippen molar-refractivity contribution in [2.75, 3.05) is 22.5 Å². The zero-order valence-electron chi connectivity index (χ0n) is 15.7. The van der Waals surface area contributed by atoms with E-state index in [4.69, 9.17) is 11.6 Å². The lowest BCUT2D eigenvalue weighted by Gasteiger charge is -2.14. The SMILES string of the molecule is CCNC(=O)Nc1cc(Nc2ccccc2)c(C(=O)Nc2cccc(Cl)c2)cn1. The van der Waals surface area contributed by atoms with Crippen LogP contribution in [0.15, 0.2) is 66.9 Å². The van der Waals surface area contributed by atoms with Crippen molar-refractivity contribution in [2.24, 2.45) is 0 Å². The van der Waals surface area contributed by atoms with Crippen LogP contribution < -0.4 is 21.3 Å². The molecule has 29 heavy (non-hydrogen) atoms. The summed E-state index contributed by atoms with van der Waals surface area (Å²) in [5.74, 6) is -0.0450. The van der Waals surface area contributed by atoms with Crippen molar-refractivity contribution in [1.29, 1.82) is 0 Å². The third kappa shape index (κ3) is 5.70. The van der Waals surface area contributed by atoms with Crippen LogP contribution in [0.5, 0.6) is 0 Å². The van der Waals surface area contributed by atoms with Crippen molar-refractivity contribution in [3.63, 3.8) is 0 Å². The first-order chi connectivity index (χ1) is 14.0. The number of carbonyl (C=O) groups excluding carboxylic acids is 2. The number of pyridine rings is 1. The van der Waals surface area contributed by atoms with Crippen molar-refractivity contribution in [3.8, 4) is 0 Å². The molecule has 148 valence electrons. The molecule has 0 aliphatic rings. The van der Waals surface area contributed by atoms with Gasteiger partial charge in [-0.05, 0) is 37.3 Å². The summed E-state index contributed by atoms with van der Waals surface area (Å²) in [7, 11) is 0. The van der Waals surface area contributed by atoms with Gasteiger partial charge in [0.2, 0.25) is 0 Å². The Morgan fingerprint density at radius 3 is 2.45 bits per heavy atom. The van der Waals surface area contributed by atoms with E-state index in [9.17, 15) is 9.59 Å². The van der Waals surface area contributed by atoms with Crippen LogP contribution in [0, 0.1) is 0 Å². The van der Waals surface area contributed by atoms with Gasteiger partial charge in [0.1, 0.15) is 5.82 Å². The summed E-state index contributed by atoms with van der Waals surface area (Å²) < 4.78 is 0. The molecule has 8 heteroatoms. The smallest absolute Gasteiger partial charge is 0.320 e. The Bertz CT molecular complexity index is 1010. The second-order valence-electron chi connectivity index (χ2n) is 6.06. The highest BCUT2D eigenvalue weighted by molar-refractivity contribution is 6.31. The number of benzene rings is 2. The van der Waals surface area contributed by atoms with Gasteiger partial charge in [0, 0.05) is 35.2 Å². The number of hydrogen-bond donors (Lipinski definition) is 4. The Morgan fingerprint density at radius 1 is 0.966 bits per heavy atom. The first kappa shape index (κ1) is 20.2. The van der Waals surface area contributed by atoms with E-state index >= 15 is 0 Å². The average molecular weight is 410 g/mol. The molecule has 1 aromatic heterocycles. The fourth-order valence-corrected chi connectivity index (χ4v) is 2.76.